The van der Waals surface area contributed by atoms with Crippen LogP contribution in [0.25, 0.3) is 0 Å². The van der Waals surface area contributed by atoms with Crippen molar-refractivity contribution in [3.8, 4) is 0 Å². The van der Waals surface area contributed by atoms with Gasteiger partial charge in [0.15, 0.2) is 0 Å². The molecule has 3 rings (SSSR count). The highest BCUT2D eigenvalue weighted by Gasteiger charge is 2.26. The zero-order chi connectivity index (χ0) is 15.9. The number of rotatable bonds is 3. The van der Waals surface area contributed by atoms with Crippen molar-refractivity contribution in [2.45, 2.75) is 52.1 Å². The number of aryl methyl sites for hydroxylation is 3. The summed E-state index contributed by atoms with van der Waals surface area (Å²) in [5, 5.41) is 7.59. The Morgan fingerprint density at radius 2 is 2.23 bits per heavy atom. The predicted molar refractivity (Wildman–Crippen MR) is 83.6 cm³/mol. The molecule has 6 nitrogen and oxygen atoms in total. The Morgan fingerprint density at radius 1 is 1.45 bits per heavy atom. The van der Waals surface area contributed by atoms with Crippen LogP contribution in [0.4, 0.5) is 0 Å². The molecule has 0 unspecified atom stereocenters. The molecular formula is C16H23N5O. The monoisotopic (exact) mass is 301 g/mol. The second kappa shape index (κ2) is 5.59. The third-order valence-electron chi connectivity index (χ3n) is 4.67. The van der Waals surface area contributed by atoms with Crippen molar-refractivity contribution in [3.05, 3.63) is 35.2 Å². The largest absolute Gasteiger partial charge is 0.351 e. The minimum atomic E-state index is -0.183. The number of carbonyl (C=O) groups is 1. The predicted octanol–water partition coefficient (Wildman–Crippen LogP) is 1.47. The fourth-order valence-electron chi connectivity index (χ4n) is 3.36. The van der Waals surface area contributed by atoms with Gasteiger partial charge in [0.2, 0.25) is 5.91 Å². The van der Waals surface area contributed by atoms with E-state index in [9.17, 15) is 4.79 Å². The summed E-state index contributed by atoms with van der Waals surface area (Å²) in [6.07, 6.45) is 5.66. The molecule has 0 saturated heterocycles. The molecule has 1 N–H and O–H groups in total. The van der Waals surface area contributed by atoms with Crippen LogP contribution in [0.3, 0.4) is 0 Å². The van der Waals surface area contributed by atoms with E-state index in [0.29, 0.717) is 0 Å². The van der Waals surface area contributed by atoms with E-state index in [4.69, 9.17) is 0 Å². The average Bonchev–Trinajstić information content (AvgIpc) is 3.03. The van der Waals surface area contributed by atoms with Gasteiger partial charge in [0, 0.05) is 49.7 Å². The van der Waals surface area contributed by atoms with Crippen molar-refractivity contribution in [2.24, 2.45) is 7.05 Å². The Hall–Kier alpha value is -2.11. The van der Waals surface area contributed by atoms with Gasteiger partial charge in [0.25, 0.3) is 0 Å². The average molecular weight is 301 g/mol. The first-order valence-electron chi connectivity index (χ1n) is 7.78. The topological polar surface area (TPSA) is 64.7 Å². The fourth-order valence-corrected chi connectivity index (χ4v) is 3.36. The molecule has 0 aromatic carbocycles. The lowest BCUT2D eigenvalue weighted by Gasteiger charge is -2.26. The minimum Gasteiger partial charge on any atom is -0.351 e. The molecule has 118 valence electrons. The Balaban J connectivity index is 1.70. The van der Waals surface area contributed by atoms with Gasteiger partial charge >= 0.3 is 0 Å². The maximum atomic E-state index is 12.6. The van der Waals surface area contributed by atoms with Crippen LogP contribution in [0.5, 0.6) is 0 Å². The lowest BCUT2D eigenvalue weighted by atomic mass is 9.97. The van der Waals surface area contributed by atoms with Crippen LogP contribution < -0.4 is 5.32 Å². The standard InChI is InChI=1S/C16H23N5O/c1-10(15-11(2)19-20(4)12(15)3)16(22)18-13-5-6-14-17-7-8-21(14)9-13/h7-8,10,13H,5-6,9H2,1-4H3,(H,18,22)/t10-,13+/m1/s1. The highest BCUT2D eigenvalue weighted by Crippen LogP contribution is 2.23. The fraction of sp³-hybridized carbons (Fsp3) is 0.562. The van der Waals surface area contributed by atoms with Crippen LogP contribution >= 0.6 is 0 Å². The normalized spacial score (nSPS) is 18.8. The number of hydrogen-bond donors (Lipinski definition) is 1. The Labute approximate surface area is 130 Å². The number of hydrogen-bond acceptors (Lipinski definition) is 3. The zero-order valence-corrected chi connectivity index (χ0v) is 13.6. The second-order valence-corrected chi connectivity index (χ2v) is 6.17. The van der Waals surface area contributed by atoms with Gasteiger partial charge in [-0.25, -0.2) is 4.98 Å². The highest BCUT2D eigenvalue weighted by atomic mass is 16.1. The van der Waals surface area contributed by atoms with Crippen molar-refractivity contribution >= 4 is 5.91 Å². The number of aromatic nitrogens is 4. The first kappa shape index (κ1) is 14.8. The van der Waals surface area contributed by atoms with E-state index in [1.165, 1.54) is 0 Å². The van der Waals surface area contributed by atoms with Crippen LogP contribution in [0, 0.1) is 13.8 Å². The maximum absolute atomic E-state index is 12.6. The van der Waals surface area contributed by atoms with Gasteiger partial charge in [-0.1, -0.05) is 0 Å². The van der Waals surface area contributed by atoms with Crippen molar-refractivity contribution in [3.63, 3.8) is 0 Å². The van der Waals surface area contributed by atoms with Gasteiger partial charge in [-0.3, -0.25) is 9.48 Å². The third-order valence-corrected chi connectivity index (χ3v) is 4.67. The Bertz CT molecular complexity index is 699. The molecule has 0 aliphatic carbocycles. The van der Waals surface area contributed by atoms with E-state index >= 15 is 0 Å². The molecule has 6 heteroatoms. The quantitative estimate of drug-likeness (QED) is 0.933. The molecule has 1 amide bonds. The summed E-state index contributed by atoms with van der Waals surface area (Å²) in [7, 11) is 1.91. The molecule has 3 heterocycles. The molecule has 2 atom stereocenters. The minimum absolute atomic E-state index is 0.0766. The van der Waals surface area contributed by atoms with Crippen molar-refractivity contribution in [1.29, 1.82) is 0 Å². The van der Waals surface area contributed by atoms with E-state index in [2.05, 4.69) is 20.0 Å². The molecule has 2 aromatic rings. The lowest BCUT2D eigenvalue weighted by Crippen LogP contribution is -2.42. The van der Waals surface area contributed by atoms with Crippen LogP contribution in [0.1, 0.15) is 42.0 Å². The number of fused-ring (bicyclic) bond motifs is 1. The molecule has 1 aliphatic rings. The van der Waals surface area contributed by atoms with Crippen LogP contribution in [0.15, 0.2) is 12.4 Å². The van der Waals surface area contributed by atoms with Crippen LogP contribution in [0.2, 0.25) is 0 Å². The summed E-state index contributed by atoms with van der Waals surface area (Å²) in [6, 6.07) is 0.175. The van der Waals surface area contributed by atoms with E-state index in [1.54, 1.807) is 0 Å². The summed E-state index contributed by atoms with van der Waals surface area (Å²) in [5.74, 6) is 1.00. The van der Waals surface area contributed by atoms with Crippen LogP contribution in [-0.4, -0.2) is 31.3 Å². The molecule has 22 heavy (non-hydrogen) atoms. The molecule has 0 spiro atoms. The highest BCUT2D eigenvalue weighted by molar-refractivity contribution is 5.84. The number of nitrogens with zero attached hydrogens (tertiary/aromatic N) is 4. The number of nitrogens with one attached hydrogen (secondary N) is 1. The zero-order valence-electron chi connectivity index (χ0n) is 13.6. The van der Waals surface area contributed by atoms with Gasteiger partial charge in [0.05, 0.1) is 11.6 Å². The SMILES string of the molecule is Cc1nn(C)c(C)c1[C@@H](C)C(=O)N[C@H]1CCc2nccn2C1. The van der Waals surface area contributed by atoms with Crippen molar-refractivity contribution in [2.75, 3.05) is 0 Å². The molecule has 0 radical (unpaired) electrons. The molecule has 0 fully saturated rings. The first-order chi connectivity index (χ1) is 10.5. The lowest BCUT2D eigenvalue weighted by molar-refractivity contribution is -0.123. The van der Waals surface area contributed by atoms with Gasteiger partial charge in [0.1, 0.15) is 5.82 Å². The van der Waals surface area contributed by atoms with Crippen LogP contribution in [-0.2, 0) is 24.8 Å². The Kier molecular flexibility index (Phi) is 3.76. The summed E-state index contributed by atoms with van der Waals surface area (Å²) in [6.45, 7) is 6.73. The summed E-state index contributed by atoms with van der Waals surface area (Å²) in [4.78, 5) is 16.9. The smallest absolute Gasteiger partial charge is 0.227 e. The summed E-state index contributed by atoms with van der Waals surface area (Å²) < 4.78 is 3.96. The Morgan fingerprint density at radius 3 is 2.91 bits per heavy atom. The number of amides is 1. The molecule has 2 aromatic heterocycles. The van der Waals surface area contributed by atoms with E-state index in [-0.39, 0.29) is 17.9 Å². The first-order valence-corrected chi connectivity index (χ1v) is 7.78. The summed E-state index contributed by atoms with van der Waals surface area (Å²) in [5.41, 5.74) is 3.03. The molecular weight excluding hydrogens is 278 g/mol. The second-order valence-electron chi connectivity index (χ2n) is 6.17. The molecule has 0 bridgehead atoms. The summed E-state index contributed by atoms with van der Waals surface area (Å²) >= 11 is 0. The van der Waals surface area contributed by atoms with Crippen molar-refractivity contribution in [1.82, 2.24) is 24.6 Å². The van der Waals surface area contributed by atoms with E-state index in [0.717, 1.165) is 42.2 Å². The maximum Gasteiger partial charge on any atom is 0.227 e. The van der Waals surface area contributed by atoms with Gasteiger partial charge in [-0.15, -0.1) is 0 Å². The molecule has 0 saturated carbocycles. The number of carbonyl (C=O) groups excluding carboxylic acids is 1. The van der Waals surface area contributed by atoms with Gasteiger partial charge < -0.3 is 9.88 Å². The third kappa shape index (κ3) is 2.53. The number of imidazole rings is 1. The van der Waals surface area contributed by atoms with Gasteiger partial charge in [-0.05, 0) is 27.2 Å². The van der Waals surface area contributed by atoms with Crippen molar-refractivity contribution < 1.29 is 4.79 Å². The molecule has 1 aliphatic heterocycles. The van der Waals surface area contributed by atoms with Gasteiger partial charge in [-0.2, -0.15) is 5.10 Å². The van der Waals surface area contributed by atoms with E-state index in [1.807, 2.05) is 44.9 Å². The van der Waals surface area contributed by atoms with E-state index < -0.39 is 0 Å².